The number of halogens is 1. The van der Waals surface area contributed by atoms with Crippen LogP contribution in [-0.2, 0) is 10.2 Å². The lowest BCUT2D eigenvalue weighted by atomic mass is 9.60. The molecule has 1 unspecified atom stereocenters. The second-order valence-electron chi connectivity index (χ2n) is 5.85. The Balaban J connectivity index is 1.88. The Kier molecular flexibility index (Phi) is 4.07. The summed E-state index contributed by atoms with van der Waals surface area (Å²) in [4.78, 5) is 15.9. The van der Waals surface area contributed by atoms with E-state index in [0.717, 1.165) is 36.3 Å². The van der Waals surface area contributed by atoms with Gasteiger partial charge in [0.2, 0.25) is 0 Å². The minimum atomic E-state index is -0.148. The lowest BCUT2D eigenvalue weighted by molar-refractivity contribution is -0.109. The number of rotatable bonds is 5. The topological polar surface area (TPSA) is 30.0 Å². The SMILES string of the molecule is O=CC(CC1(c2cccc(Cl)c2)CCC1)c1ccccn1. The van der Waals surface area contributed by atoms with Gasteiger partial charge in [0.15, 0.2) is 0 Å². The van der Waals surface area contributed by atoms with Crippen LogP contribution in [0.5, 0.6) is 0 Å². The third-order valence-electron chi connectivity index (χ3n) is 4.59. The molecule has 21 heavy (non-hydrogen) atoms. The predicted octanol–water partition coefficient (Wildman–Crippen LogP) is 4.53. The molecule has 1 fully saturated rings. The van der Waals surface area contributed by atoms with Crippen molar-refractivity contribution in [1.29, 1.82) is 0 Å². The largest absolute Gasteiger partial charge is 0.303 e. The smallest absolute Gasteiger partial charge is 0.129 e. The minimum absolute atomic E-state index is 0.0774. The van der Waals surface area contributed by atoms with Crippen molar-refractivity contribution < 1.29 is 4.79 Å². The fraction of sp³-hybridized carbons (Fsp3) is 0.333. The fourth-order valence-corrected chi connectivity index (χ4v) is 3.46. The molecule has 1 heterocycles. The van der Waals surface area contributed by atoms with E-state index in [0.29, 0.717) is 0 Å². The van der Waals surface area contributed by atoms with E-state index in [4.69, 9.17) is 11.6 Å². The number of aldehydes is 1. The zero-order valence-electron chi connectivity index (χ0n) is 11.8. The highest BCUT2D eigenvalue weighted by molar-refractivity contribution is 6.30. The molecule has 0 amide bonds. The van der Waals surface area contributed by atoms with Crippen molar-refractivity contribution in [2.24, 2.45) is 0 Å². The number of carbonyl (C=O) groups excluding carboxylic acids is 1. The maximum absolute atomic E-state index is 11.6. The van der Waals surface area contributed by atoms with Crippen LogP contribution in [0.3, 0.4) is 0 Å². The molecule has 0 spiro atoms. The summed E-state index contributed by atoms with van der Waals surface area (Å²) in [5, 5.41) is 0.763. The first-order valence-electron chi connectivity index (χ1n) is 7.36. The molecule has 1 saturated carbocycles. The Morgan fingerprint density at radius 3 is 2.67 bits per heavy atom. The molecule has 0 aliphatic heterocycles. The highest BCUT2D eigenvalue weighted by atomic mass is 35.5. The number of nitrogens with zero attached hydrogens (tertiary/aromatic N) is 1. The summed E-state index contributed by atoms with van der Waals surface area (Å²) in [6, 6.07) is 13.8. The van der Waals surface area contributed by atoms with Gasteiger partial charge in [-0.15, -0.1) is 0 Å². The number of hydrogen-bond acceptors (Lipinski definition) is 2. The molecule has 0 N–H and O–H groups in total. The molecule has 3 rings (SSSR count). The Morgan fingerprint density at radius 2 is 2.10 bits per heavy atom. The molecular formula is C18H18ClNO. The van der Waals surface area contributed by atoms with Crippen LogP contribution >= 0.6 is 11.6 Å². The monoisotopic (exact) mass is 299 g/mol. The van der Waals surface area contributed by atoms with Crippen LogP contribution in [0.15, 0.2) is 48.7 Å². The van der Waals surface area contributed by atoms with Gasteiger partial charge in [0.05, 0.1) is 11.6 Å². The number of pyridine rings is 1. The van der Waals surface area contributed by atoms with Crippen molar-refractivity contribution in [2.75, 3.05) is 0 Å². The van der Waals surface area contributed by atoms with E-state index < -0.39 is 0 Å². The second-order valence-corrected chi connectivity index (χ2v) is 6.28. The van der Waals surface area contributed by atoms with Crippen LogP contribution in [0, 0.1) is 0 Å². The molecule has 3 heteroatoms. The number of aromatic nitrogens is 1. The van der Waals surface area contributed by atoms with E-state index in [-0.39, 0.29) is 11.3 Å². The Morgan fingerprint density at radius 1 is 1.24 bits per heavy atom. The summed E-state index contributed by atoms with van der Waals surface area (Å²) < 4.78 is 0. The zero-order valence-corrected chi connectivity index (χ0v) is 12.6. The number of hydrogen-bond donors (Lipinski definition) is 0. The highest BCUT2D eigenvalue weighted by Gasteiger charge is 2.41. The van der Waals surface area contributed by atoms with Crippen LogP contribution in [-0.4, -0.2) is 11.3 Å². The Labute approximate surface area is 130 Å². The molecule has 0 bridgehead atoms. The third-order valence-corrected chi connectivity index (χ3v) is 4.83. The van der Waals surface area contributed by atoms with Gasteiger partial charge in [0.25, 0.3) is 0 Å². The maximum Gasteiger partial charge on any atom is 0.129 e. The average molecular weight is 300 g/mol. The average Bonchev–Trinajstić information content (AvgIpc) is 2.48. The molecule has 108 valence electrons. The van der Waals surface area contributed by atoms with Crippen LogP contribution < -0.4 is 0 Å². The lowest BCUT2D eigenvalue weighted by Gasteiger charge is -2.44. The molecule has 1 atom stereocenters. The van der Waals surface area contributed by atoms with Gasteiger partial charge in [0, 0.05) is 11.2 Å². The van der Waals surface area contributed by atoms with Crippen molar-refractivity contribution in [3.63, 3.8) is 0 Å². The van der Waals surface area contributed by atoms with Gasteiger partial charge >= 0.3 is 0 Å². The van der Waals surface area contributed by atoms with E-state index in [9.17, 15) is 4.79 Å². The van der Waals surface area contributed by atoms with E-state index in [1.807, 2.05) is 36.4 Å². The van der Waals surface area contributed by atoms with Crippen LogP contribution in [0.1, 0.15) is 42.9 Å². The van der Waals surface area contributed by atoms with Crippen LogP contribution in [0.2, 0.25) is 5.02 Å². The molecule has 0 radical (unpaired) electrons. The molecule has 1 aromatic carbocycles. The van der Waals surface area contributed by atoms with Gasteiger partial charge in [0.1, 0.15) is 6.29 Å². The predicted molar refractivity (Wildman–Crippen MR) is 84.6 cm³/mol. The van der Waals surface area contributed by atoms with E-state index in [1.165, 1.54) is 12.0 Å². The van der Waals surface area contributed by atoms with Crippen molar-refractivity contribution >= 4 is 17.9 Å². The van der Waals surface area contributed by atoms with Gasteiger partial charge in [-0.1, -0.05) is 36.2 Å². The standard InChI is InChI=1S/C18H18ClNO/c19-16-6-3-5-15(11-16)18(8-4-9-18)12-14(13-21)17-7-1-2-10-20-17/h1-3,5-7,10-11,13-14H,4,8-9,12H2. The first-order valence-corrected chi connectivity index (χ1v) is 7.74. The van der Waals surface area contributed by atoms with Gasteiger partial charge < -0.3 is 4.79 Å². The summed E-state index contributed by atoms with van der Waals surface area (Å²) in [5.74, 6) is -0.148. The summed E-state index contributed by atoms with van der Waals surface area (Å²) in [6.07, 6.45) is 7.04. The summed E-state index contributed by atoms with van der Waals surface area (Å²) in [6.45, 7) is 0. The highest BCUT2D eigenvalue weighted by Crippen LogP contribution is 2.49. The molecule has 2 aromatic rings. The van der Waals surface area contributed by atoms with Gasteiger partial charge in [-0.3, -0.25) is 4.98 Å². The first-order chi connectivity index (χ1) is 10.2. The molecule has 1 aliphatic rings. The Bertz CT molecular complexity index is 622. The second kappa shape index (κ2) is 5.98. The van der Waals surface area contributed by atoms with E-state index in [2.05, 4.69) is 11.1 Å². The third kappa shape index (κ3) is 2.86. The van der Waals surface area contributed by atoms with Gasteiger partial charge in [-0.2, -0.15) is 0 Å². The van der Waals surface area contributed by atoms with Crippen LogP contribution in [0.25, 0.3) is 0 Å². The lowest BCUT2D eigenvalue weighted by Crippen LogP contribution is -2.36. The van der Waals surface area contributed by atoms with Crippen LogP contribution in [0.4, 0.5) is 0 Å². The summed E-state index contributed by atoms with van der Waals surface area (Å²) in [5.41, 5.74) is 2.19. The van der Waals surface area contributed by atoms with Crippen molar-refractivity contribution in [1.82, 2.24) is 4.98 Å². The van der Waals surface area contributed by atoms with E-state index >= 15 is 0 Å². The van der Waals surface area contributed by atoms with Crippen molar-refractivity contribution in [3.05, 3.63) is 64.9 Å². The van der Waals surface area contributed by atoms with Crippen molar-refractivity contribution in [3.8, 4) is 0 Å². The minimum Gasteiger partial charge on any atom is -0.303 e. The summed E-state index contributed by atoms with van der Waals surface area (Å²) in [7, 11) is 0. The first kappa shape index (κ1) is 14.3. The number of carbonyl (C=O) groups is 1. The maximum atomic E-state index is 11.6. The summed E-state index contributed by atoms with van der Waals surface area (Å²) >= 11 is 6.14. The normalized spacial score (nSPS) is 17.8. The zero-order chi connectivity index (χ0) is 14.7. The van der Waals surface area contributed by atoms with Crippen molar-refractivity contribution in [2.45, 2.75) is 37.0 Å². The molecule has 1 aromatic heterocycles. The van der Waals surface area contributed by atoms with Gasteiger partial charge in [-0.05, 0) is 54.5 Å². The Hall–Kier alpha value is -1.67. The molecular weight excluding hydrogens is 282 g/mol. The quantitative estimate of drug-likeness (QED) is 0.759. The van der Waals surface area contributed by atoms with E-state index in [1.54, 1.807) is 6.20 Å². The molecule has 2 nitrogen and oxygen atoms in total. The molecule has 1 aliphatic carbocycles. The van der Waals surface area contributed by atoms with Gasteiger partial charge in [-0.25, -0.2) is 0 Å². The molecule has 0 saturated heterocycles. The number of benzene rings is 1. The fourth-order valence-electron chi connectivity index (χ4n) is 3.27.